The summed E-state index contributed by atoms with van der Waals surface area (Å²) in [7, 11) is 1.79. The van der Waals surface area contributed by atoms with E-state index in [4.69, 9.17) is 9.47 Å². The lowest BCUT2D eigenvalue weighted by Crippen LogP contribution is -2.53. The maximum atomic E-state index is 14.2. The number of amides is 1. The van der Waals surface area contributed by atoms with Crippen LogP contribution >= 0.6 is 0 Å². The second kappa shape index (κ2) is 13.3. The first-order valence-electron chi connectivity index (χ1n) is 15.6. The summed E-state index contributed by atoms with van der Waals surface area (Å²) >= 11 is 0. The van der Waals surface area contributed by atoms with Crippen LogP contribution in [0.3, 0.4) is 0 Å². The van der Waals surface area contributed by atoms with Gasteiger partial charge in [-0.25, -0.2) is 8.42 Å². The van der Waals surface area contributed by atoms with Crippen LogP contribution in [0, 0.1) is 20.8 Å². The Labute approximate surface area is 257 Å². The third kappa shape index (κ3) is 6.66. The van der Waals surface area contributed by atoms with E-state index in [9.17, 15) is 13.2 Å². The molecule has 1 unspecified atom stereocenters. The predicted octanol–water partition coefficient (Wildman–Crippen LogP) is 3.20. The van der Waals surface area contributed by atoms with Gasteiger partial charge < -0.3 is 23.8 Å². The van der Waals surface area contributed by atoms with Crippen molar-refractivity contribution >= 4 is 15.9 Å². The fourth-order valence-corrected chi connectivity index (χ4v) is 9.26. The Morgan fingerprint density at radius 3 is 2.37 bits per heavy atom. The first-order valence-corrected chi connectivity index (χ1v) is 17.0. The summed E-state index contributed by atoms with van der Waals surface area (Å²) in [5.74, 6) is 0.579. The standard InChI is InChI=1S/C32H49N5O5S/c1-23-18-28(41-6)19-24(2)32(23)43(39,40)37-17-16-36-25(3)10-11-29(36)30(37)21-42-22-31(38)34(5)26-8-7-9-27(20-26)35-14-12-33(4)13-15-35/h10-11,18-19,26-27,30H,7-9,12-17,20-22H2,1-6H3/t26-,27+,30?/m0/s1. The van der Waals surface area contributed by atoms with Crippen LogP contribution in [0.2, 0.25) is 0 Å². The molecule has 3 heterocycles. The third-order valence-electron chi connectivity index (χ3n) is 9.82. The lowest BCUT2D eigenvalue weighted by atomic mass is 9.88. The molecule has 5 rings (SSSR count). The minimum atomic E-state index is -3.85. The van der Waals surface area contributed by atoms with Crippen molar-refractivity contribution in [2.45, 2.75) is 76.0 Å². The molecule has 1 saturated heterocycles. The van der Waals surface area contributed by atoms with Gasteiger partial charge in [0.15, 0.2) is 0 Å². The molecule has 0 spiro atoms. The summed E-state index contributed by atoms with van der Waals surface area (Å²) in [4.78, 5) is 20.5. The van der Waals surface area contributed by atoms with Gasteiger partial charge in [0.2, 0.25) is 15.9 Å². The van der Waals surface area contributed by atoms with Gasteiger partial charge in [0.25, 0.3) is 0 Å². The molecule has 1 aromatic heterocycles. The second-order valence-corrected chi connectivity index (χ2v) is 14.4. The van der Waals surface area contributed by atoms with Gasteiger partial charge in [0, 0.05) is 69.8 Å². The van der Waals surface area contributed by atoms with Gasteiger partial charge in [-0.05, 0) is 88.9 Å². The fraction of sp³-hybridized carbons (Fsp3) is 0.656. The van der Waals surface area contributed by atoms with E-state index in [1.165, 1.54) is 6.42 Å². The number of methoxy groups -OCH3 is 1. The highest BCUT2D eigenvalue weighted by molar-refractivity contribution is 7.89. The zero-order chi connectivity index (χ0) is 30.9. The summed E-state index contributed by atoms with van der Waals surface area (Å²) in [5, 5.41) is 0. The molecule has 2 aromatic rings. The lowest BCUT2D eigenvalue weighted by molar-refractivity contribution is -0.138. The summed E-state index contributed by atoms with van der Waals surface area (Å²) in [6.07, 6.45) is 4.31. The Bertz CT molecular complexity index is 1380. The molecule has 10 nitrogen and oxygen atoms in total. The van der Waals surface area contributed by atoms with Crippen molar-refractivity contribution in [2.24, 2.45) is 0 Å². The SMILES string of the molecule is COc1cc(C)c(S(=O)(=O)N2CCn3c(C)ccc3C2COCC(=O)N(C)[C@H]2CCC[C@@H](N3CCN(C)CC3)C2)c(C)c1. The first-order chi connectivity index (χ1) is 20.5. The van der Waals surface area contributed by atoms with Crippen molar-refractivity contribution in [2.75, 3.05) is 67.1 Å². The molecule has 2 fully saturated rings. The maximum absolute atomic E-state index is 14.2. The van der Waals surface area contributed by atoms with Gasteiger partial charge in [0.1, 0.15) is 12.4 Å². The molecule has 11 heteroatoms. The number of nitrogens with zero attached hydrogens (tertiary/aromatic N) is 5. The van der Waals surface area contributed by atoms with Gasteiger partial charge >= 0.3 is 0 Å². The molecule has 3 atom stereocenters. The molecule has 1 aliphatic carbocycles. The number of carbonyl (C=O) groups is 1. The molecule has 0 N–H and O–H groups in total. The molecular formula is C32H49N5O5S. The molecule has 3 aliphatic rings. The molecule has 43 heavy (non-hydrogen) atoms. The van der Waals surface area contributed by atoms with E-state index < -0.39 is 16.1 Å². The number of aryl methyl sites for hydroxylation is 3. The Morgan fingerprint density at radius 1 is 1.00 bits per heavy atom. The molecule has 0 radical (unpaired) electrons. The molecule has 2 aliphatic heterocycles. The number of benzene rings is 1. The van der Waals surface area contributed by atoms with Crippen molar-refractivity contribution < 1.29 is 22.7 Å². The van der Waals surface area contributed by atoms with Gasteiger partial charge in [-0.2, -0.15) is 4.31 Å². The highest BCUT2D eigenvalue weighted by Crippen LogP contribution is 2.36. The maximum Gasteiger partial charge on any atom is 0.248 e. The van der Waals surface area contributed by atoms with Crippen molar-refractivity contribution in [3.05, 3.63) is 46.8 Å². The number of ether oxygens (including phenoxy) is 2. The zero-order valence-corrected chi connectivity index (χ0v) is 27.5. The summed E-state index contributed by atoms with van der Waals surface area (Å²) < 4.78 is 43.5. The van der Waals surface area contributed by atoms with E-state index in [-0.39, 0.29) is 25.2 Å². The fourth-order valence-electron chi connectivity index (χ4n) is 7.27. The van der Waals surface area contributed by atoms with Crippen LogP contribution in [0.25, 0.3) is 0 Å². The molecule has 238 valence electrons. The van der Waals surface area contributed by atoms with Gasteiger partial charge in [0.05, 0.1) is 24.7 Å². The Morgan fingerprint density at radius 2 is 1.70 bits per heavy atom. The summed E-state index contributed by atoms with van der Waals surface area (Å²) in [6, 6.07) is 7.69. The predicted molar refractivity (Wildman–Crippen MR) is 167 cm³/mol. The molecule has 1 amide bonds. The van der Waals surface area contributed by atoms with Crippen molar-refractivity contribution in [1.29, 1.82) is 0 Å². The molecular weight excluding hydrogens is 566 g/mol. The van der Waals surface area contributed by atoms with E-state index in [2.05, 4.69) is 21.4 Å². The van der Waals surface area contributed by atoms with E-state index in [1.807, 2.05) is 31.0 Å². The lowest BCUT2D eigenvalue weighted by Gasteiger charge is -2.43. The second-order valence-electron chi connectivity index (χ2n) is 12.6. The largest absolute Gasteiger partial charge is 0.497 e. The number of hydrogen-bond acceptors (Lipinski definition) is 7. The number of likely N-dealkylation sites (N-methyl/N-ethyl adjacent to an activating group) is 2. The van der Waals surface area contributed by atoms with Crippen LogP contribution in [0.1, 0.15) is 54.2 Å². The summed E-state index contributed by atoms with van der Waals surface area (Å²) in [6.45, 7) is 10.9. The van der Waals surface area contributed by atoms with E-state index in [0.29, 0.717) is 40.9 Å². The van der Waals surface area contributed by atoms with E-state index in [0.717, 1.165) is 56.8 Å². The van der Waals surface area contributed by atoms with Crippen LogP contribution < -0.4 is 4.74 Å². The molecule has 1 saturated carbocycles. The van der Waals surface area contributed by atoms with Crippen LogP contribution in [0.15, 0.2) is 29.2 Å². The number of carbonyl (C=O) groups excluding carboxylic acids is 1. The third-order valence-corrected chi connectivity index (χ3v) is 12.0. The molecule has 1 aromatic carbocycles. The number of rotatable bonds is 9. The van der Waals surface area contributed by atoms with Gasteiger partial charge in [-0.15, -0.1) is 0 Å². The van der Waals surface area contributed by atoms with Crippen LogP contribution in [-0.2, 0) is 26.1 Å². The van der Waals surface area contributed by atoms with Crippen LogP contribution in [0.4, 0.5) is 0 Å². The average Bonchev–Trinajstić information content (AvgIpc) is 3.37. The average molecular weight is 616 g/mol. The number of hydrogen-bond donors (Lipinski definition) is 0. The van der Waals surface area contributed by atoms with Crippen LogP contribution in [-0.4, -0.2) is 117 Å². The number of aromatic nitrogens is 1. The van der Waals surface area contributed by atoms with Gasteiger partial charge in [-0.1, -0.05) is 0 Å². The first kappa shape index (κ1) is 32.0. The highest BCUT2D eigenvalue weighted by Gasteiger charge is 2.39. The van der Waals surface area contributed by atoms with Crippen molar-refractivity contribution in [3.63, 3.8) is 0 Å². The Balaban J connectivity index is 1.27. The van der Waals surface area contributed by atoms with Crippen molar-refractivity contribution in [3.8, 4) is 5.75 Å². The Kier molecular flexibility index (Phi) is 9.87. The minimum absolute atomic E-state index is 0.0531. The monoisotopic (exact) mass is 615 g/mol. The zero-order valence-electron chi connectivity index (χ0n) is 26.7. The quantitative estimate of drug-likeness (QED) is 0.428. The molecule has 0 bridgehead atoms. The van der Waals surface area contributed by atoms with E-state index in [1.54, 1.807) is 37.4 Å². The number of sulfonamides is 1. The van der Waals surface area contributed by atoms with Gasteiger partial charge in [-0.3, -0.25) is 9.69 Å². The van der Waals surface area contributed by atoms with Crippen molar-refractivity contribution in [1.82, 2.24) is 23.6 Å². The topological polar surface area (TPSA) is 87.6 Å². The van der Waals surface area contributed by atoms with E-state index >= 15 is 0 Å². The smallest absolute Gasteiger partial charge is 0.248 e. The highest BCUT2D eigenvalue weighted by atomic mass is 32.2. The number of fused-ring (bicyclic) bond motifs is 1. The summed E-state index contributed by atoms with van der Waals surface area (Å²) in [5.41, 5.74) is 3.26. The van der Waals surface area contributed by atoms with Crippen LogP contribution in [0.5, 0.6) is 5.75 Å². The normalized spacial score (nSPS) is 24.1. The minimum Gasteiger partial charge on any atom is -0.497 e. The Hall–Kier alpha value is -2.44. The number of piperazine rings is 1.